The van der Waals surface area contributed by atoms with Crippen molar-refractivity contribution < 1.29 is 9.21 Å². The number of benzene rings is 1. The second kappa shape index (κ2) is 7.42. The highest BCUT2D eigenvalue weighted by Crippen LogP contribution is 2.47. The van der Waals surface area contributed by atoms with Crippen molar-refractivity contribution in [3.05, 3.63) is 64.0 Å². The predicted molar refractivity (Wildman–Crippen MR) is 107 cm³/mol. The largest absolute Gasteiger partial charge is 0.460 e. The molecule has 1 N–H and O–H groups in total. The van der Waals surface area contributed by atoms with Crippen LogP contribution in [0.4, 0.5) is 0 Å². The van der Waals surface area contributed by atoms with Gasteiger partial charge in [0.05, 0.1) is 11.6 Å². The summed E-state index contributed by atoms with van der Waals surface area (Å²) in [7, 11) is 0. The van der Waals surface area contributed by atoms with Gasteiger partial charge in [-0.2, -0.15) is 10.2 Å². The Hall–Kier alpha value is -3.22. The molecule has 4 rings (SSSR count). The molecule has 1 aromatic carbocycles. The third-order valence-electron chi connectivity index (χ3n) is 5.00. The Labute approximate surface area is 162 Å². The Balaban J connectivity index is 1.56. The number of amides is 1. The van der Waals surface area contributed by atoms with E-state index in [1.165, 1.54) is 10.9 Å². The van der Waals surface area contributed by atoms with Crippen LogP contribution in [0, 0.1) is 5.92 Å². The number of furan rings is 1. The summed E-state index contributed by atoms with van der Waals surface area (Å²) in [6.07, 6.45) is 3.36. The van der Waals surface area contributed by atoms with Crippen LogP contribution in [0.2, 0.25) is 0 Å². The molecule has 1 aliphatic rings. The Kier molecular flexibility index (Phi) is 4.81. The quantitative estimate of drug-likeness (QED) is 0.526. The second-order valence-corrected chi connectivity index (χ2v) is 7.18. The summed E-state index contributed by atoms with van der Waals surface area (Å²) in [5.41, 5.74) is 2.46. The second-order valence-electron chi connectivity index (χ2n) is 7.18. The summed E-state index contributed by atoms with van der Waals surface area (Å²) in [6.45, 7) is 4.59. The van der Waals surface area contributed by atoms with Gasteiger partial charge >= 0.3 is 0 Å². The van der Waals surface area contributed by atoms with Gasteiger partial charge < -0.3 is 4.42 Å². The monoisotopic (exact) mass is 378 g/mol. The number of carbonyl (C=O) groups is 1. The third kappa shape index (κ3) is 3.47. The normalized spacial score (nSPS) is 18.6. The van der Waals surface area contributed by atoms with Crippen molar-refractivity contribution in [2.45, 2.75) is 39.2 Å². The van der Waals surface area contributed by atoms with Crippen LogP contribution in [0.25, 0.3) is 10.8 Å². The Morgan fingerprint density at radius 1 is 1.32 bits per heavy atom. The Morgan fingerprint density at radius 2 is 2.07 bits per heavy atom. The average Bonchev–Trinajstić information content (AvgIpc) is 3.24. The van der Waals surface area contributed by atoms with Crippen LogP contribution in [0.5, 0.6) is 0 Å². The van der Waals surface area contributed by atoms with Crippen molar-refractivity contribution in [2.75, 3.05) is 0 Å². The lowest BCUT2D eigenvalue weighted by molar-refractivity contribution is 0.0949. The zero-order chi connectivity index (χ0) is 19.7. The number of carbonyl (C=O) groups excluding carboxylic acids is 1. The molecule has 1 fully saturated rings. The fraction of sp³-hybridized carbons (Fsp3) is 0.333. The van der Waals surface area contributed by atoms with Crippen molar-refractivity contribution >= 4 is 22.9 Å². The Bertz CT molecular complexity index is 1110. The van der Waals surface area contributed by atoms with E-state index in [0.29, 0.717) is 34.9 Å². The van der Waals surface area contributed by atoms with Gasteiger partial charge in [-0.05, 0) is 37.0 Å². The smallest absolute Gasteiger partial charge is 0.292 e. The average molecular weight is 378 g/mol. The van der Waals surface area contributed by atoms with E-state index in [1.807, 2.05) is 19.1 Å². The molecule has 0 radical (unpaired) electrons. The number of aromatic nitrogens is 2. The van der Waals surface area contributed by atoms with E-state index < -0.39 is 5.91 Å². The van der Waals surface area contributed by atoms with Gasteiger partial charge in [0.2, 0.25) is 0 Å². The molecule has 0 aliphatic heterocycles. The lowest BCUT2D eigenvalue weighted by Crippen LogP contribution is -2.29. The minimum atomic E-state index is -0.472. The summed E-state index contributed by atoms with van der Waals surface area (Å²) in [5, 5.41) is 9.22. The highest BCUT2D eigenvalue weighted by molar-refractivity contribution is 6.04. The zero-order valence-corrected chi connectivity index (χ0v) is 15.9. The van der Waals surface area contributed by atoms with E-state index in [1.54, 1.807) is 24.3 Å². The molecule has 28 heavy (non-hydrogen) atoms. The van der Waals surface area contributed by atoms with Gasteiger partial charge in [0.15, 0.2) is 5.69 Å². The molecule has 1 amide bonds. The standard InChI is InChI=1S/C21H22N4O3/c1-3-10-25-21(27)16-7-5-4-6-15(16)19(24-25)20(26)23-22-12-14-8-9-18(28-14)17-11-13(17)2/h4-9,12-13,17H,3,10-11H2,1-2H3,(H,23,26)/b22-12-/t13-,17+/m0/s1. The van der Waals surface area contributed by atoms with Crippen LogP contribution in [-0.2, 0) is 6.54 Å². The number of fused-ring (bicyclic) bond motifs is 1. The Morgan fingerprint density at radius 3 is 2.79 bits per heavy atom. The van der Waals surface area contributed by atoms with Crippen LogP contribution in [0.1, 0.15) is 54.6 Å². The molecular formula is C21H22N4O3. The molecule has 7 heteroatoms. The van der Waals surface area contributed by atoms with E-state index in [-0.39, 0.29) is 11.3 Å². The van der Waals surface area contributed by atoms with Gasteiger partial charge in [-0.25, -0.2) is 10.1 Å². The molecule has 144 valence electrons. The fourth-order valence-corrected chi connectivity index (χ4v) is 3.33. The van der Waals surface area contributed by atoms with E-state index in [9.17, 15) is 9.59 Å². The zero-order valence-electron chi connectivity index (χ0n) is 15.9. The van der Waals surface area contributed by atoms with Crippen LogP contribution in [0.3, 0.4) is 0 Å². The van der Waals surface area contributed by atoms with Gasteiger partial charge in [-0.1, -0.05) is 32.0 Å². The fourth-order valence-electron chi connectivity index (χ4n) is 3.33. The molecule has 2 aromatic heterocycles. The maximum absolute atomic E-state index is 12.6. The molecule has 0 bridgehead atoms. The highest BCUT2D eigenvalue weighted by Gasteiger charge is 2.36. The van der Waals surface area contributed by atoms with Crippen molar-refractivity contribution in [1.82, 2.24) is 15.2 Å². The van der Waals surface area contributed by atoms with Gasteiger partial charge in [0.25, 0.3) is 11.5 Å². The SMILES string of the molecule is CCCn1nc(C(=O)N/N=C\c2ccc([C@@H]3C[C@@H]3C)o2)c2ccccc2c1=O. The number of nitrogens with one attached hydrogen (secondary N) is 1. The molecule has 0 unspecified atom stereocenters. The number of hydrogen-bond acceptors (Lipinski definition) is 5. The molecule has 0 saturated heterocycles. The van der Waals surface area contributed by atoms with Crippen LogP contribution < -0.4 is 11.0 Å². The molecule has 2 atom stereocenters. The topological polar surface area (TPSA) is 89.5 Å². The maximum Gasteiger partial charge on any atom is 0.292 e. The van der Waals surface area contributed by atoms with Crippen molar-refractivity contribution in [1.29, 1.82) is 0 Å². The van der Waals surface area contributed by atoms with E-state index in [2.05, 4.69) is 22.5 Å². The minimum Gasteiger partial charge on any atom is -0.460 e. The lowest BCUT2D eigenvalue weighted by Gasteiger charge is -2.09. The van der Waals surface area contributed by atoms with Gasteiger partial charge in [-0.15, -0.1) is 0 Å². The summed E-state index contributed by atoms with van der Waals surface area (Å²) in [6, 6.07) is 10.8. The highest BCUT2D eigenvalue weighted by atomic mass is 16.3. The molecule has 1 saturated carbocycles. The molecule has 3 aromatic rings. The first-order valence-electron chi connectivity index (χ1n) is 9.51. The predicted octanol–water partition coefficient (Wildman–Crippen LogP) is 3.29. The van der Waals surface area contributed by atoms with E-state index in [0.717, 1.165) is 18.6 Å². The first-order chi connectivity index (χ1) is 13.6. The molecule has 7 nitrogen and oxygen atoms in total. The number of hydrogen-bond donors (Lipinski definition) is 1. The van der Waals surface area contributed by atoms with Crippen LogP contribution >= 0.6 is 0 Å². The number of aryl methyl sites for hydroxylation is 1. The first-order valence-corrected chi connectivity index (χ1v) is 9.51. The van der Waals surface area contributed by atoms with Crippen molar-refractivity contribution in [3.63, 3.8) is 0 Å². The summed E-state index contributed by atoms with van der Waals surface area (Å²) in [5.74, 6) is 2.23. The summed E-state index contributed by atoms with van der Waals surface area (Å²) in [4.78, 5) is 25.2. The van der Waals surface area contributed by atoms with E-state index >= 15 is 0 Å². The maximum atomic E-state index is 12.6. The number of nitrogens with zero attached hydrogens (tertiary/aromatic N) is 3. The van der Waals surface area contributed by atoms with Gasteiger partial charge in [0.1, 0.15) is 11.5 Å². The summed E-state index contributed by atoms with van der Waals surface area (Å²) < 4.78 is 7.07. The van der Waals surface area contributed by atoms with Crippen LogP contribution in [-0.4, -0.2) is 21.9 Å². The minimum absolute atomic E-state index is 0.174. The van der Waals surface area contributed by atoms with Crippen LogP contribution in [0.15, 0.2) is 50.7 Å². The first kappa shape index (κ1) is 18.2. The molecule has 1 aliphatic carbocycles. The number of rotatable bonds is 6. The molecule has 0 spiro atoms. The van der Waals surface area contributed by atoms with Gasteiger partial charge in [0, 0.05) is 17.8 Å². The third-order valence-corrected chi connectivity index (χ3v) is 5.00. The molecular weight excluding hydrogens is 356 g/mol. The van der Waals surface area contributed by atoms with Gasteiger partial charge in [-0.3, -0.25) is 9.59 Å². The lowest BCUT2D eigenvalue weighted by atomic mass is 10.1. The van der Waals surface area contributed by atoms with Crippen molar-refractivity contribution in [3.8, 4) is 0 Å². The number of hydrazone groups is 1. The summed E-state index contributed by atoms with van der Waals surface area (Å²) >= 11 is 0. The van der Waals surface area contributed by atoms with Crippen molar-refractivity contribution in [2.24, 2.45) is 11.0 Å². The van der Waals surface area contributed by atoms with E-state index in [4.69, 9.17) is 4.42 Å². The molecule has 2 heterocycles.